The van der Waals surface area contributed by atoms with Gasteiger partial charge < -0.3 is 15.4 Å². The number of aromatic hydroxyl groups is 1. The fraction of sp³-hybridized carbons (Fsp3) is 0.0909. The van der Waals surface area contributed by atoms with E-state index in [0.29, 0.717) is 5.69 Å². The Kier molecular flexibility index (Phi) is 3.42. The zero-order valence-corrected chi connectivity index (χ0v) is 9.88. The Morgan fingerprint density at radius 1 is 1.50 bits per heavy atom. The van der Waals surface area contributed by atoms with Crippen LogP contribution < -0.4 is 10.2 Å². The van der Waals surface area contributed by atoms with Crippen LogP contribution in [0.3, 0.4) is 0 Å². The number of aromatic nitrogens is 1. The first-order valence-electron chi connectivity index (χ1n) is 4.99. The molecule has 0 saturated carbocycles. The Morgan fingerprint density at radius 3 is 2.94 bits per heavy atom. The molecule has 0 fully saturated rings. The molecular weight excluding hydrogens is 259 g/mol. The van der Waals surface area contributed by atoms with Crippen LogP contribution in [-0.4, -0.2) is 16.0 Å². The molecule has 0 aliphatic heterocycles. The maximum Gasteiger partial charge on any atom is 0.304 e. The molecule has 2 aromatic rings. The van der Waals surface area contributed by atoms with Gasteiger partial charge in [-0.05, 0) is 18.2 Å². The van der Waals surface area contributed by atoms with Crippen LogP contribution >= 0.6 is 11.3 Å². The number of phenolic OH excluding ortho intramolecular Hbond substituents is 1. The summed E-state index contributed by atoms with van der Waals surface area (Å²) in [5.41, 5.74) is 0.404. The number of halogens is 1. The van der Waals surface area contributed by atoms with E-state index in [1.807, 2.05) is 0 Å². The summed E-state index contributed by atoms with van der Waals surface area (Å²) in [6, 6.07) is 3.11. The van der Waals surface area contributed by atoms with Gasteiger partial charge in [-0.25, -0.2) is 4.39 Å². The van der Waals surface area contributed by atoms with Gasteiger partial charge in [0.25, 0.3) is 5.91 Å². The molecule has 0 radical (unpaired) electrons. The largest absolute Gasteiger partial charge is 0.507 e. The van der Waals surface area contributed by atoms with Crippen molar-refractivity contribution in [2.24, 2.45) is 0 Å². The molecule has 0 spiro atoms. The van der Waals surface area contributed by atoms with E-state index < -0.39 is 11.7 Å². The summed E-state index contributed by atoms with van der Waals surface area (Å²) in [5.74, 6) is -1.52. The zero-order valence-electron chi connectivity index (χ0n) is 9.07. The number of aromatic amines is 1. The molecule has 0 unspecified atom stereocenters. The van der Waals surface area contributed by atoms with Gasteiger partial charge in [0.15, 0.2) is 0 Å². The molecule has 1 aromatic carbocycles. The van der Waals surface area contributed by atoms with E-state index in [9.17, 15) is 19.1 Å². The number of carbonyl (C=O) groups is 1. The van der Waals surface area contributed by atoms with Crippen molar-refractivity contribution in [1.82, 2.24) is 10.3 Å². The first-order valence-corrected chi connectivity index (χ1v) is 5.87. The van der Waals surface area contributed by atoms with Crippen LogP contribution in [0.15, 0.2) is 28.4 Å². The Morgan fingerprint density at radius 2 is 2.28 bits per heavy atom. The SMILES string of the molecule is O=C(NCc1csc(=O)[nH]1)c1cc(F)ccc1O. The van der Waals surface area contributed by atoms with Gasteiger partial charge in [-0.2, -0.15) is 0 Å². The number of H-pyrrole nitrogens is 1. The Hall–Kier alpha value is -2.15. The van der Waals surface area contributed by atoms with Gasteiger partial charge in [-0.3, -0.25) is 9.59 Å². The van der Waals surface area contributed by atoms with E-state index in [0.717, 1.165) is 29.5 Å². The number of amides is 1. The maximum absolute atomic E-state index is 12.9. The summed E-state index contributed by atoms with van der Waals surface area (Å²) in [7, 11) is 0. The average Bonchev–Trinajstić information content (AvgIpc) is 2.75. The fourth-order valence-corrected chi connectivity index (χ4v) is 1.94. The van der Waals surface area contributed by atoms with Gasteiger partial charge in [0.05, 0.1) is 12.1 Å². The zero-order chi connectivity index (χ0) is 13.1. The number of benzene rings is 1. The molecular formula is C11H9FN2O3S. The van der Waals surface area contributed by atoms with Gasteiger partial charge in [0, 0.05) is 11.1 Å². The second kappa shape index (κ2) is 5.01. The first-order chi connectivity index (χ1) is 8.56. The van der Waals surface area contributed by atoms with E-state index in [-0.39, 0.29) is 22.7 Å². The smallest absolute Gasteiger partial charge is 0.304 e. The minimum absolute atomic E-state index is 0.105. The highest BCUT2D eigenvalue weighted by Crippen LogP contribution is 2.17. The van der Waals surface area contributed by atoms with E-state index in [4.69, 9.17) is 0 Å². The van der Waals surface area contributed by atoms with Crippen molar-refractivity contribution in [3.63, 3.8) is 0 Å². The van der Waals surface area contributed by atoms with Gasteiger partial charge in [-0.15, -0.1) is 0 Å². The first kappa shape index (κ1) is 12.3. The van der Waals surface area contributed by atoms with Crippen LogP contribution in [-0.2, 0) is 6.54 Å². The monoisotopic (exact) mass is 268 g/mol. The maximum atomic E-state index is 12.9. The molecule has 0 saturated heterocycles. The van der Waals surface area contributed by atoms with Crippen molar-refractivity contribution in [2.75, 3.05) is 0 Å². The van der Waals surface area contributed by atoms with Crippen LogP contribution in [0.5, 0.6) is 5.75 Å². The number of hydrogen-bond acceptors (Lipinski definition) is 4. The Labute approximate surface area is 105 Å². The molecule has 1 amide bonds. The third kappa shape index (κ3) is 2.75. The lowest BCUT2D eigenvalue weighted by molar-refractivity contribution is 0.0947. The number of rotatable bonds is 3. The van der Waals surface area contributed by atoms with Crippen molar-refractivity contribution in [2.45, 2.75) is 6.54 Å². The fourth-order valence-electron chi connectivity index (χ4n) is 1.36. The third-order valence-corrected chi connectivity index (χ3v) is 2.93. The second-order valence-electron chi connectivity index (χ2n) is 3.52. The molecule has 3 N–H and O–H groups in total. The van der Waals surface area contributed by atoms with Crippen LogP contribution in [0, 0.1) is 5.82 Å². The van der Waals surface area contributed by atoms with Gasteiger partial charge in [0.2, 0.25) is 0 Å². The quantitative estimate of drug-likeness (QED) is 0.782. The third-order valence-electron chi connectivity index (χ3n) is 2.21. The molecule has 2 rings (SSSR count). The molecule has 1 aromatic heterocycles. The summed E-state index contributed by atoms with van der Waals surface area (Å²) in [6.07, 6.45) is 0. The van der Waals surface area contributed by atoms with Crippen molar-refractivity contribution in [3.8, 4) is 5.75 Å². The normalized spacial score (nSPS) is 10.3. The minimum atomic E-state index is -0.612. The summed E-state index contributed by atoms with van der Waals surface area (Å²) >= 11 is 0.986. The number of carbonyl (C=O) groups excluding carboxylic acids is 1. The second-order valence-corrected chi connectivity index (χ2v) is 4.36. The summed E-state index contributed by atoms with van der Waals surface area (Å²) in [4.78, 5) is 24.8. The van der Waals surface area contributed by atoms with E-state index in [1.54, 1.807) is 5.38 Å². The molecule has 0 aliphatic carbocycles. The highest BCUT2D eigenvalue weighted by molar-refractivity contribution is 7.07. The number of phenols is 1. The van der Waals surface area contributed by atoms with Gasteiger partial charge in [-0.1, -0.05) is 11.3 Å². The lowest BCUT2D eigenvalue weighted by Gasteiger charge is -2.05. The van der Waals surface area contributed by atoms with Crippen molar-refractivity contribution >= 4 is 17.2 Å². The van der Waals surface area contributed by atoms with E-state index in [2.05, 4.69) is 10.3 Å². The molecule has 1 heterocycles. The number of nitrogens with one attached hydrogen (secondary N) is 2. The molecule has 0 aliphatic rings. The van der Waals surface area contributed by atoms with Crippen LogP contribution in [0.1, 0.15) is 16.1 Å². The lowest BCUT2D eigenvalue weighted by Crippen LogP contribution is -2.23. The molecule has 18 heavy (non-hydrogen) atoms. The molecule has 94 valence electrons. The summed E-state index contributed by atoms with van der Waals surface area (Å²) < 4.78 is 12.9. The highest BCUT2D eigenvalue weighted by Gasteiger charge is 2.12. The van der Waals surface area contributed by atoms with Crippen molar-refractivity contribution < 1.29 is 14.3 Å². The summed E-state index contributed by atoms with van der Waals surface area (Å²) in [6.45, 7) is 0.105. The Bertz CT molecular complexity index is 635. The Balaban J connectivity index is 2.08. The van der Waals surface area contributed by atoms with Gasteiger partial charge >= 0.3 is 4.87 Å². The topological polar surface area (TPSA) is 82.2 Å². The predicted octanol–water partition coefficient (Wildman–Crippen LogP) is 1.21. The number of hydrogen-bond donors (Lipinski definition) is 3. The predicted molar refractivity (Wildman–Crippen MR) is 64.2 cm³/mol. The number of thiazole rings is 1. The highest BCUT2D eigenvalue weighted by atomic mass is 32.1. The molecule has 5 nitrogen and oxygen atoms in total. The van der Waals surface area contributed by atoms with Crippen LogP contribution in [0.4, 0.5) is 4.39 Å². The molecule has 0 bridgehead atoms. The minimum Gasteiger partial charge on any atom is -0.507 e. The van der Waals surface area contributed by atoms with Crippen LogP contribution in [0.2, 0.25) is 0 Å². The van der Waals surface area contributed by atoms with Crippen molar-refractivity contribution in [1.29, 1.82) is 0 Å². The molecule has 7 heteroatoms. The molecule has 0 atom stereocenters. The van der Waals surface area contributed by atoms with E-state index >= 15 is 0 Å². The van der Waals surface area contributed by atoms with Crippen molar-refractivity contribution in [3.05, 3.63) is 50.3 Å². The van der Waals surface area contributed by atoms with E-state index in [1.165, 1.54) is 0 Å². The van der Waals surface area contributed by atoms with Gasteiger partial charge in [0.1, 0.15) is 11.6 Å². The standard InChI is InChI=1S/C11H9FN2O3S/c12-6-1-2-9(15)8(3-6)10(16)13-4-7-5-18-11(17)14-7/h1-3,5,15H,4H2,(H,13,16)(H,14,17). The lowest BCUT2D eigenvalue weighted by atomic mass is 10.2. The average molecular weight is 268 g/mol. The van der Waals surface area contributed by atoms with Crippen LogP contribution in [0.25, 0.3) is 0 Å². The summed E-state index contributed by atoms with van der Waals surface area (Å²) in [5, 5.41) is 13.5.